The van der Waals surface area contributed by atoms with Gasteiger partial charge in [0.05, 0.1) is 11.2 Å². The SMILES string of the molecule is C=C/C=C(\C=C/C)c1cc(-c2ccccc2)c2ccc(C(=C\C(=C)C(=C)C=C)/C(/C=C\CC)=C/C)c(C)c2n1. The number of aryl methyl sites for hydroxylation is 1. The van der Waals surface area contributed by atoms with Crippen molar-refractivity contribution in [1.29, 1.82) is 0 Å². The molecule has 0 aliphatic rings. The van der Waals surface area contributed by atoms with Crippen LogP contribution < -0.4 is 0 Å². The summed E-state index contributed by atoms with van der Waals surface area (Å²) < 4.78 is 0. The summed E-state index contributed by atoms with van der Waals surface area (Å²) in [7, 11) is 0. The summed E-state index contributed by atoms with van der Waals surface area (Å²) in [5, 5.41) is 1.12. The molecule has 2 aromatic carbocycles. The number of pyridine rings is 1. The minimum Gasteiger partial charge on any atom is -0.247 e. The van der Waals surface area contributed by atoms with Crippen LogP contribution in [0.1, 0.15) is 44.0 Å². The minimum absolute atomic E-state index is 0.804. The zero-order chi connectivity index (χ0) is 28.4. The predicted octanol–water partition coefficient (Wildman–Crippen LogP) is 11.0. The topological polar surface area (TPSA) is 12.9 Å². The average Bonchev–Trinajstić information content (AvgIpc) is 2.96. The van der Waals surface area contributed by atoms with E-state index >= 15 is 0 Å². The van der Waals surface area contributed by atoms with Crippen LogP contribution in [0.2, 0.25) is 0 Å². The average molecular weight is 510 g/mol. The second kappa shape index (κ2) is 13.9. The molecule has 0 bridgehead atoms. The molecule has 0 saturated carbocycles. The smallest absolute Gasteiger partial charge is 0.0751 e. The molecule has 0 fully saturated rings. The standard InChI is InChI=1S/C38H39N/c1-9-14-20-30(13-5)35(25-28(7)27(6)12-4)33-23-24-34-36(31-21-16-15-17-22-31)26-37(39-38(34)29(33)8)32(18-10-2)19-11-3/h10-26H,2,4,6-7,9H2,1,3,5,8H3/b19-11-,20-14-,30-13+,32-18+,35-25-. The van der Waals surface area contributed by atoms with Gasteiger partial charge in [0, 0.05) is 5.39 Å². The van der Waals surface area contributed by atoms with Crippen molar-refractivity contribution in [2.75, 3.05) is 0 Å². The zero-order valence-corrected chi connectivity index (χ0v) is 23.8. The summed E-state index contributed by atoms with van der Waals surface area (Å²) in [6.07, 6.45) is 19.2. The Morgan fingerprint density at radius 2 is 1.69 bits per heavy atom. The molecule has 196 valence electrons. The summed E-state index contributed by atoms with van der Waals surface area (Å²) in [6.45, 7) is 24.6. The van der Waals surface area contributed by atoms with E-state index in [1.807, 2.05) is 31.2 Å². The van der Waals surface area contributed by atoms with E-state index in [0.29, 0.717) is 0 Å². The molecule has 0 atom stereocenters. The Balaban J connectivity index is 2.44. The second-order valence-electron chi connectivity index (χ2n) is 9.28. The Morgan fingerprint density at radius 3 is 2.31 bits per heavy atom. The molecule has 0 aliphatic carbocycles. The molecule has 0 aliphatic heterocycles. The van der Waals surface area contributed by atoms with Gasteiger partial charge in [-0.1, -0.05) is 124 Å². The fourth-order valence-electron chi connectivity index (χ4n) is 4.56. The molecular formula is C38H39N. The van der Waals surface area contributed by atoms with Crippen LogP contribution in [0.25, 0.3) is 33.2 Å². The Morgan fingerprint density at radius 1 is 0.949 bits per heavy atom. The number of fused-ring (bicyclic) bond motifs is 1. The maximum atomic E-state index is 5.23. The molecule has 3 rings (SSSR count). The third kappa shape index (κ3) is 6.69. The van der Waals surface area contributed by atoms with E-state index in [0.717, 1.165) is 73.1 Å². The van der Waals surface area contributed by atoms with Crippen molar-refractivity contribution in [1.82, 2.24) is 4.98 Å². The normalized spacial score (nSPS) is 12.9. The lowest BCUT2D eigenvalue weighted by Gasteiger charge is -2.18. The van der Waals surface area contributed by atoms with Gasteiger partial charge in [0.1, 0.15) is 0 Å². The second-order valence-corrected chi connectivity index (χ2v) is 9.28. The van der Waals surface area contributed by atoms with Crippen molar-refractivity contribution in [2.24, 2.45) is 0 Å². The maximum absolute atomic E-state index is 5.23. The first kappa shape index (κ1) is 29.1. The predicted molar refractivity (Wildman–Crippen MR) is 175 cm³/mol. The number of hydrogen-bond acceptors (Lipinski definition) is 1. The van der Waals surface area contributed by atoms with Crippen molar-refractivity contribution in [3.63, 3.8) is 0 Å². The summed E-state index contributed by atoms with van der Waals surface area (Å²) >= 11 is 0. The van der Waals surface area contributed by atoms with Crippen LogP contribution in [0.3, 0.4) is 0 Å². The van der Waals surface area contributed by atoms with Crippen LogP contribution >= 0.6 is 0 Å². The van der Waals surface area contributed by atoms with Gasteiger partial charge in [-0.05, 0) is 89.5 Å². The number of hydrogen-bond donors (Lipinski definition) is 0. The molecule has 0 amide bonds. The van der Waals surface area contributed by atoms with Crippen molar-refractivity contribution in [3.05, 3.63) is 163 Å². The zero-order valence-electron chi connectivity index (χ0n) is 23.8. The van der Waals surface area contributed by atoms with Crippen molar-refractivity contribution in [2.45, 2.75) is 34.1 Å². The molecule has 1 nitrogen and oxygen atoms in total. The van der Waals surface area contributed by atoms with Crippen LogP contribution in [0.5, 0.6) is 0 Å². The lowest BCUT2D eigenvalue weighted by atomic mass is 9.88. The van der Waals surface area contributed by atoms with E-state index in [2.05, 4.69) is 120 Å². The van der Waals surface area contributed by atoms with Gasteiger partial charge in [0.15, 0.2) is 0 Å². The van der Waals surface area contributed by atoms with Crippen molar-refractivity contribution in [3.8, 4) is 11.1 Å². The molecule has 0 radical (unpaired) electrons. The minimum atomic E-state index is 0.804. The fraction of sp³-hybridized carbons (Fsp3) is 0.132. The van der Waals surface area contributed by atoms with E-state index in [9.17, 15) is 0 Å². The largest absolute Gasteiger partial charge is 0.247 e. The Kier molecular flexibility index (Phi) is 10.3. The van der Waals surface area contributed by atoms with E-state index in [-0.39, 0.29) is 0 Å². The van der Waals surface area contributed by atoms with Gasteiger partial charge in [-0.15, -0.1) is 0 Å². The number of aromatic nitrogens is 1. The fourth-order valence-corrected chi connectivity index (χ4v) is 4.56. The highest BCUT2D eigenvalue weighted by molar-refractivity contribution is 6.01. The summed E-state index contributed by atoms with van der Waals surface area (Å²) in [5.74, 6) is 0. The van der Waals surface area contributed by atoms with Gasteiger partial charge in [-0.2, -0.15) is 0 Å². The third-order valence-corrected chi connectivity index (χ3v) is 6.68. The Bertz CT molecular complexity index is 1550. The van der Waals surface area contributed by atoms with E-state index < -0.39 is 0 Å². The first-order valence-corrected chi connectivity index (χ1v) is 13.4. The van der Waals surface area contributed by atoms with Crippen LogP contribution in [0.15, 0.2) is 146 Å². The Hall–Kier alpha value is -4.49. The van der Waals surface area contributed by atoms with Crippen LogP contribution in [0.4, 0.5) is 0 Å². The van der Waals surface area contributed by atoms with E-state index in [4.69, 9.17) is 4.98 Å². The Labute approximate surface area is 235 Å². The monoisotopic (exact) mass is 509 g/mol. The third-order valence-electron chi connectivity index (χ3n) is 6.68. The highest BCUT2D eigenvalue weighted by atomic mass is 14.7. The van der Waals surface area contributed by atoms with Crippen molar-refractivity contribution < 1.29 is 0 Å². The number of rotatable bonds is 11. The van der Waals surface area contributed by atoms with Gasteiger partial charge in [0.25, 0.3) is 0 Å². The molecule has 0 unspecified atom stereocenters. The highest BCUT2D eigenvalue weighted by Crippen LogP contribution is 2.37. The summed E-state index contributed by atoms with van der Waals surface area (Å²) in [6, 6.07) is 17.1. The highest BCUT2D eigenvalue weighted by Gasteiger charge is 2.17. The molecule has 0 saturated heterocycles. The number of allylic oxidation sites excluding steroid dienone is 14. The molecule has 1 aromatic heterocycles. The van der Waals surface area contributed by atoms with E-state index in [1.54, 1.807) is 6.08 Å². The molecule has 1 heterocycles. The lowest BCUT2D eigenvalue weighted by molar-refractivity contribution is 1.22. The van der Waals surface area contributed by atoms with Gasteiger partial charge in [-0.3, -0.25) is 0 Å². The molecular weight excluding hydrogens is 470 g/mol. The summed E-state index contributed by atoms with van der Waals surface area (Å²) in [5.41, 5.74) is 11.3. The van der Waals surface area contributed by atoms with Gasteiger partial charge in [0.2, 0.25) is 0 Å². The lowest BCUT2D eigenvalue weighted by Crippen LogP contribution is -1.99. The van der Waals surface area contributed by atoms with Crippen LogP contribution in [0, 0.1) is 6.92 Å². The van der Waals surface area contributed by atoms with Crippen LogP contribution in [-0.4, -0.2) is 4.98 Å². The first-order valence-electron chi connectivity index (χ1n) is 13.4. The first-order chi connectivity index (χ1) is 18.9. The number of nitrogens with zero attached hydrogens (tertiary/aromatic N) is 1. The van der Waals surface area contributed by atoms with E-state index in [1.165, 1.54) is 0 Å². The molecule has 0 N–H and O–H groups in total. The molecule has 1 heteroatoms. The van der Waals surface area contributed by atoms with Crippen molar-refractivity contribution >= 4 is 22.0 Å². The van der Waals surface area contributed by atoms with Gasteiger partial charge in [-0.25, -0.2) is 4.98 Å². The molecule has 0 spiro atoms. The molecule has 39 heavy (non-hydrogen) atoms. The quantitative estimate of drug-likeness (QED) is 0.234. The van der Waals surface area contributed by atoms with Crippen LogP contribution in [-0.2, 0) is 0 Å². The molecule has 3 aromatic rings. The van der Waals surface area contributed by atoms with Gasteiger partial charge < -0.3 is 0 Å². The maximum Gasteiger partial charge on any atom is 0.0751 e. The van der Waals surface area contributed by atoms with Gasteiger partial charge >= 0.3 is 0 Å². The summed E-state index contributed by atoms with van der Waals surface area (Å²) in [4.78, 5) is 5.23. The number of benzene rings is 2.